The number of rotatable bonds is 6. The van der Waals surface area contributed by atoms with Crippen molar-refractivity contribution in [1.82, 2.24) is 14.9 Å². The molecule has 0 unspecified atom stereocenters. The van der Waals surface area contributed by atoms with Gasteiger partial charge in [-0.05, 0) is 57.0 Å². The summed E-state index contributed by atoms with van der Waals surface area (Å²) in [6, 6.07) is 20.6. The molecule has 1 amide bonds. The maximum atomic E-state index is 12.5. The Kier molecular flexibility index (Phi) is 6.87. The molecule has 0 radical (unpaired) electrons. The fraction of sp³-hybridized carbons (Fsp3) is 0.250. The Morgan fingerprint density at radius 3 is 2.54 bits per heavy atom. The number of fused-ring (bicyclic) bond motifs is 1. The summed E-state index contributed by atoms with van der Waals surface area (Å²) in [6.45, 7) is 7.94. The number of aryl methyl sites for hydroxylation is 1. The van der Waals surface area contributed by atoms with E-state index in [4.69, 9.17) is 14.5 Å². The van der Waals surface area contributed by atoms with Crippen molar-refractivity contribution in [3.05, 3.63) is 100 Å². The molecule has 0 fully saturated rings. The van der Waals surface area contributed by atoms with Crippen LogP contribution in [0.5, 0.6) is 5.75 Å². The molecule has 2 heterocycles. The van der Waals surface area contributed by atoms with E-state index in [1.54, 1.807) is 22.9 Å². The number of hydrogen-bond donors (Lipinski definition) is 1. The van der Waals surface area contributed by atoms with Crippen LogP contribution in [0.3, 0.4) is 0 Å². The highest BCUT2D eigenvalue weighted by molar-refractivity contribution is 5.87. The predicted octanol–water partition coefficient (Wildman–Crippen LogP) is 5.30. The van der Waals surface area contributed by atoms with Gasteiger partial charge in [-0.25, -0.2) is 4.79 Å². The van der Waals surface area contributed by atoms with Gasteiger partial charge >= 0.3 is 6.09 Å². The van der Waals surface area contributed by atoms with Gasteiger partial charge in [0.2, 0.25) is 0 Å². The van der Waals surface area contributed by atoms with Crippen molar-refractivity contribution in [2.75, 3.05) is 0 Å². The van der Waals surface area contributed by atoms with Crippen LogP contribution in [0, 0.1) is 6.92 Å². The van der Waals surface area contributed by atoms with Gasteiger partial charge < -0.3 is 14.8 Å². The van der Waals surface area contributed by atoms with E-state index in [1.807, 2.05) is 82.3 Å². The van der Waals surface area contributed by atoms with Crippen LogP contribution in [0.25, 0.3) is 16.6 Å². The van der Waals surface area contributed by atoms with Crippen molar-refractivity contribution in [3.63, 3.8) is 0 Å². The summed E-state index contributed by atoms with van der Waals surface area (Å²) < 4.78 is 13.1. The van der Waals surface area contributed by atoms with E-state index in [9.17, 15) is 9.59 Å². The highest BCUT2D eigenvalue weighted by Crippen LogP contribution is 2.28. The second-order valence-electron chi connectivity index (χ2n) is 9.36. The third-order valence-electron chi connectivity index (χ3n) is 5.19. The Morgan fingerprint density at radius 1 is 1.03 bits per heavy atom. The first-order valence-corrected chi connectivity index (χ1v) is 11.4. The van der Waals surface area contributed by atoms with Gasteiger partial charge in [-0.2, -0.15) is 0 Å². The van der Waals surface area contributed by atoms with Crippen molar-refractivity contribution in [2.24, 2.45) is 0 Å². The molecular weight excluding hydrogens is 442 g/mol. The lowest BCUT2D eigenvalue weighted by molar-refractivity contribution is 0.0523. The van der Waals surface area contributed by atoms with Crippen molar-refractivity contribution in [1.29, 1.82) is 0 Å². The highest BCUT2D eigenvalue weighted by Gasteiger charge is 2.17. The summed E-state index contributed by atoms with van der Waals surface area (Å²) in [5, 5.41) is 3.52. The van der Waals surface area contributed by atoms with Gasteiger partial charge in [0.05, 0.1) is 17.8 Å². The second kappa shape index (κ2) is 10.0. The van der Waals surface area contributed by atoms with Crippen LogP contribution in [0.1, 0.15) is 37.6 Å². The highest BCUT2D eigenvalue weighted by atomic mass is 16.6. The average molecular weight is 472 g/mol. The number of ether oxygens (including phenoxy) is 2. The molecule has 0 aliphatic heterocycles. The molecule has 0 bridgehead atoms. The number of alkyl carbamates (subject to hydrolysis) is 1. The third kappa shape index (κ3) is 6.26. The normalized spacial score (nSPS) is 11.3. The van der Waals surface area contributed by atoms with Crippen LogP contribution >= 0.6 is 0 Å². The predicted molar refractivity (Wildman–Crippen MR) is 136 cm³/mol. The first-order chi connectivity index (χ1) is 16.7. The number of benzene rings is 2. The van der Waals surface area contributed by atoms with Gasteiger partial charge in [0, 0.05) is 29.4 Å². The van der Waals surface area contributed by atoms with Crippen LogP contribution in [0.15, 0.2) is 77.7 Å². The van der Waals surface area contributed by atoms with E-state index in [1.165, 1.54) is 0 Å². The first-order valence-electron chi connectivity index (χ1n) is 11.4. The quantitative estimate of drug-likeness (QED) is 0.413. The lowest BCUT2D eigenvalue weighted by Gasteiger charge is -2.19. The largest absolute Gasteiger partial charge is 0.488 e. The molecule has 7 heteroatoms. The van der Waals surface area contributed by atoms with Crippen molar-refractivity contribution in [3.8, 4) is 11.4 Å². The number of hydrogen-bond acceptors (Lipinski definition) is 5. The van der Waals surface area contributed by atoms with Gasteiger partial charge in [0.25, 0.3) is 5.56 Å². The van der Waals surface area contributed by atoms with Crippen LogP contribution in [0.2, 0.25) is 0 Å². The van der Waals surface area contributed by atoms with Gasteiger partial charge in [-0.3, -0.25) is 14.3 Å². The fourth-order valence-electron chi connectivity index (χ4n) is 3.60. The molecule has 4 rings (SSSR count). The van der Waals surface area contributed by atoms with Crippen molar-refractivity contribution >= 4 is 17.0 Å². The minimum absolute atomic E-state index is 0.118. The molecule has 1 N–H and O–H groups in total. The van der Waals surface area contributed by atoms with E-state index in [0.29, 0.717) is 23.6 Å². The Labute approximate surface area is 204 Å². The number of amides is 1. The fourth-order valence-corrected chi connectivity index (χ4v) is 3.60. The molecule has 35 heavy (non-hydrogen) atoms. The summed E-state index contributed by atoms with van der Waals surface area (Å²) in [6.07, 6.45) is 1.29. The standard InChI is InChI=1S/C28H29N3O4/c1-19-10-13-26(32)31(17-19)22-11-12-24-23(15-22)25(34-18-20-8-6-5-7-9-20)14-21(30-24)16-29-27(33)35-28(2,3)4/h5-15,17H,16,18H2,1-4H3,(H,29,33). The number of carbonyl (C=O) groups excluding carboxylic acids is 1. The number of nitrogens with zero attached hydrogens (tertiary/aromatic N) is 2. The summed E-state index contributed by atoms with van der Waals surface area (Å²) in [5.41, 5.74) is 3.34. The zero-order chi connectivity index (χ0) is 25.0. The Morgan fingerprint density at radius 2 is 1.80 bits per heavy atom. The molecule has 0 spiro atoms. The zero-order valence-corrected chi connectivity index (χ0v) is 20.4. The first kappa shape index (κ1) is 24.0. The third-order valence-corrected chi connectivity index (χ3v) is 5.19. The van der Waals surface area contributed by atoms with E-state index in [2.05, 4.69) is 5.32 Å². The van der Waals surface area contributed by atoms with Crippen molar-refractivity contribution < 1.29 is 14.3 Å². The van der Waals surface area contributed by atoms with E-state index in [0.717, 1.165) is 22.2 Å². The van der Waals surface area contributed by atoms with E-state index < -0.39 is 11.7 Å². The van der Waals surface area contributed by atoms with Gasteiger partial charge in [0.1, 0.15) is 18.0 Å². The number of pyridine rings is 2. The molecular formula is C28H29N3O4. The topological polar surface area (TPSA) is 82.5 Å². The number of aromatic nitrogens is 2. The Hall–Kier alpha value is -4.13. The lowest BCUT2D eigenvalue weighted by Crippen LogP contribution is -2.32. The average Bonchev–Trinajstić information content (AvgIpc) is 2.82. The van der Waals surface area contributed by atoms with E-state index in [-0.39, 0.29) is 12.1 Å². The molecule has 180 valence electrons. The van der Waals surface area contributed by atoms with Gasteiger partial charge in [0.15, 0.2) is 0 Å². The number of nitrogens with one attached hydrogen (secondary N) is 1. The van der Waals surface area contributed by atoms with Crippen LogP contribution in [0.4, 0.5) is 4.79 Å². The molecule has 7 nitrogen and oxygen atoms in total. The van der Waals surface area contributed by atoms with Crippen LogP contribution < -0.4 is 15.6 Å². The zero-order valence-electron chi connectivity index (χ0n) is 20.4. The minimum atomic E-state index is -0.588. The van der Waals surface area contributed by atoms with E-state index >= 15 is 0 Å². The van der Waals surface area contributed by atoms with Gasteiger partial charge in [-0.1, -0.05) is 36.4 Å². The second-order valence-corrected chi connectivity index (χ2v) is 9.36. The summed E-state index contributed by atoms with van der Waals surface area (Å²) in [4.78, 5) is 29.3. The molecule has 0 atom stereocenters. The SMILES string of the molecule is Cc1ccc(=O)n(-c2ccc3nc(CNC(=O)OC(C)(C)C)cc(OCc4ccccc4)c3c2)c1. The summed E-state index contributed by atoms with van der Waals surface area (Å²) in [5.74, 6) is 0.613. The molecule has 0 aliphatic carbocycles. The summed E-state index contributed by atoms with van der Waals surface area (Å²) in [7, 11) is 0. The molecule has 0 saturated carbocycles. The van der Waals surface area contributed by atoms with Crippen LogP contribution in [-0.2, 0) is 17.9 Å². The molecule has 2 aromatic heterocycles. The lowest BCUT2D eigenvalue weighted by atomic mass is 10.1. The van der Waals surface area contributed by atoms with Crippen molar-refractivity contribution in [2.45, 2.75) is 46.4 Å². The maximum Gasteiger partial charge on any atom is 0.407 e. The summed E-state index contributed by atoms with van der Waals surface area (Å²) >= 11 is 0. The molecule has 4 aromatic rings. The van der Waals surface area contributed by atoms with Gasteiger partial charge in [-0.15, -0.1) is 0 Å². The monoisotopic (exact) mass is 471 g/mol. The Bertz CT molecular complexity index is 1410. The molecule has 2 aromatic carbocycles. The molecule has 0 aliphatic rings. The minimum Gasteiger partial charge on any atom is -0.488 e. The maximum absolute atomic E-state index is 12.5. The Balaban J connectivity index is 1.69. The van der Waals surface area contributed by atoms with Crippen LogP contribution in [-0.4, -0.2) is 21.2 Å². The molecule has 0 saturated heterocycles. The smallest absolute Gasteiger partial charge is 0.407 e. The number of carbonyl (C=O) groups is 1.